The van der Waals surface area contributed by atoms with Gasteiger partial charge < -0.3 is 9.47 Å². The van der Waals surface area contributed by atoms with Crippen LogP contribution in [-0.2, 0) is 12.8 Å². The molecule has 3 rings (SSSR count). The van der Waals surface area contributed by atoms with E-state index in [1.54, 1.807) is 0 Å². The van der Waals surface area contributed by atoms with Crippen molar-refractivity contribution in [1.82, 2.24) is 0 Å². The minimum absolute atomic E-state index is 0.0107. The summed E-state index contributed by atoms with van der Waals surface area (Å²) in [5.41, 5.74) is 1.54. The second-order valence-corrected chi connectivity index (χ2v) is 4.61. The summed E-state index contributed by atoms with van der Waals surface area (Å²) in [4.78, 5) is 10.9. The highest BCUT2D eigenvalue weighted by Gasteiger charge is 2.35. The third kappa shape index (κ3) is 1.70. The van der Waals surface area contributed by atoms with Gasteiger partial charge in [-0.25, -0.2) is 0 Å². The molecule has 0 radical (unpaired) electrons. The van der Waals surface area contributed by atoms with Gasteiger partial charge in [-0.1, -0.05) is 0 Å². The van der Waals surface area contributed by atoms with E-state index in [9.17, 15) is 15.4 Å². The summed E-state index contributed by atoms with van der Waals surface area (Å²) in [5.74, 6) is 0.668. The van der Waals surface area contributed by atoms with Gasteiger partial charge in [0.15, 0.2) is 0 Å². The molecular weight excluding hydrogens is 248 g/mol. The molecule has 6 heteroatoms. The van der Waals surface area contributed by atoms with Crippen LogP contribution >= 0.6 is 0 Å². The summed E-state index contributed by atoms with van der Waals surface area (Å²) >= 11 is 0. The zero-order valence-electron chi connectivity index (χ0n) is 10.3. The molecule has 0 N–H and O–H groups in total. The lowest BCUT2D eigenvalue weighted by Crippen LogP contribution is -2.18. The summed E-state index contributed by atoms with van der Waals surface area (Å²) in [7, 11) is 0. The van der Waals surface area contributed by atoms with Crippen molar-refractivity contribution in [3.05, 3.63) is 26.8 Å². The number of nitro groups is 1. The van der Waals surface area contributed by atoms with Crippen LogP contribution in [0.2, 0.25) is 0 Å². The zero-order chi connectivity index (χ0) is 13.4. The molecule has 2 aliphatic heterocycles. The van der Waals surface area contributed by atoms with Crippen LogP contribution in [0.3, 0.4) is 0 Å². The molecule has 0 bridgehead atoms. The van der Waals surface area contributed by atoms with E-state index in [1.165, 1.54) is 0 Å². The number of hydrogen-bond donors (Lipinski definition) is 0. The minimum atomic E-state index is -0.418. The number of ether oxygens (including phenoxy) is 2. The molecule has 98 valence electrons. The van der Waals surface area contributed by atoms with Crippen LogP contribution in [0.1, 0.15) is 29.5 Å². The van der Waals surface area contributed by atoms with E-state index in [-0.39, 0.29) is 11.4 Å². The van der Waals surface area contributed by atoms with Crippen molar-refractivity contribution in [1.29, 1.82) is 5.26 Å². The molecule has 2 aliphatic rings. The Bertz CT molecular complexity index is 567. The number of benzene rings is 1. The first kappa shape index (κ1) is 11.8. The van der Waals surface area contributed by atoms with Crippen molar-refractivity contribution in [2.24, 2.45) is 0 Å². The van der Waals surface area contributed by atoms with Crippen LogP contribution in [0, 0.1) is 21.4 Å². The van der Waals surface area contributed by atoms with Crippen molar-refractivity contribution in [2.45, 2.75) is 25.7 Å². The molecule has 0 aliphatic carbocycles. The van der Waals surface area contributed by atoms with Crippen molar-refractivity contribution < 1.29 is 14.4 Å². The van der Waals surface area contributed by atoms with Gasteiger partial charge in [0.1, 0.15) is 17.4 Å². The highest BCUT2D eigenvalue weighted by atomic mass is 16.6. The molecule has 0 fully saturated rings. The Labute approximate surface area is 109 Å². The van der Waals surface area contributed by atoms with Gasteiger partial charge in [0, 0.05) is 5.56 Å². The Morgan fingerprint density at radius 2 is 1.74 bits per heavy atom. The predicted molar refractivity (Wildman–Crippen MR) is 65.4 cm³/mol. The van der Waals surface area contributed by atoms with Crippen molar-refractivity contribution in [3.8, 4) is 17.6 Å². The van der Waals surface area contributed by atoms with E-state index in [0.29, 0.717) is 48.5 Å². The third-order valence-corrected chi connectivity index (χ3v) is 3.51. The van der Waals surface area contributed by atoms with Crippen molar-refractivity contribution >= 4 is 5.69 Å². The fourth-order valence-corrected chi connectivity index (χ4v) is 2.73. The fourth-order valence-electron chi connectivity index (χ4n) is 2.73. The molecule has 6 nitrogen and oxygen atoms in total. The summed E-state index contributed by atoms with van der Waals surface area (Å²) < 4.78 is 11.0. The van der Waals surface area contributed by atoms with E-state index in [2.05, 4.69) is 6.07 Å². The van der Waals surface area contributed by atoms with E-state index >= 15 is 0 Å². The average molecular weight is 260 g/mol. The Balaban J connectivity index is 2.36. The standard InChI is InChI=1S/C13H12N2O4/c14-7-10-8-3-1-6-19-13(8)11(15(16)17)9-4-2-5-18-12(9)10/h1-6H2. The highest BCUT2D eigenvalue weighted by Crippen LogP contribution is 2.47. The van der Waals surface area contributed by atoms with Crippen LogP contribution in [-0.4, -0.2) is 18.1 Å². The van der Waals surface area contributed by atoms with Crippen molar-refractivity contribution in [3.63, 3.8) is 0 Å². The molecule has 1 aromatic carbocycles. The number of nitrogens with zero attached hydrogens (tertiary/aromatic N) is 2. The van der Waals surface area contributed by atoms with Crippen LogP contribution in [0.5, 0.6) is 11.5 Å². The van der Waals surface area contributed by atoms with Gasteiger partial charge in [0.2, 0.25) is 5.75 Å². The lowest BCUT2D eigenvalue weighted by Gasteiger charge is -2.25. The van der Waals surface area contributed by atoms with Gasteiger partial charge in [-0.2, -0.15) is 5.26 Å². The summed E-state index contributed by atoms with van der Waals surface area (Å²) in [6.45, 7) is 0.955. The van der Waals surface area contributed by atoms with Crippen LogP contribution in [0.15, 0.2) is 0 Å². The summed E-state index contributed by atoms with van der Waals surface area (Å²) in [6, 6.07) is 2.12. The Morgan fingerprint density at radius 1 is 1.11 bits per heavy atom. The zero-order valence-corrected chi connectivity index (χ0v) is 10.3. The fraction of sp³-hybridized carbons (Fsp3) is 0.462. The van der Waals surface area contributed by atoms with E-state index in [0.717, 1.165) is 12.8 Å². The molecule has 0 saturated heterocycles. The van der Waals surface area contributed by atoms with Crippen LogP contribution < -0.4 is 9.47 Å². The number of nitriles is 1. The van der Waals surface area contributed by atoms with Gasteiger partial charge in [0.05, 0.1) is 23.7 Å². The average Bonchev–Trinajstić information content (AvgIpc) is 2.44. The second-order valence-electron chi connectivity index (χ2n) is 4.61. The number of hydrogen-bond acceptors (Lipinski definition) is 5. The van der Waals surface area contributed by atoms with Gasteiger partial charge in [-0.3, -0.25) is 10.1 Å². The maximum Gasteiger partial charge on any atom is 0.318 e. The Kier molecular flexibility index (Phi) is 2.75. The molecule has 2 heterocycles. The van der Waals surface area contributed by atoms with E-state index < -0.39 is 4.92 Å². The molecular formula is C13H12N2O4. The third-order valence-electron chi connectivity index (χ3n) is 3.51. The van der Waals surface area contributed by atoms with Gasteiger partial charge in [0.25, 0.3) is 0 Å². The van der Waals surface area contributed by atoms with Gasteiger partial charge in [-0.15, -0.1) is 0 Å². The predicted octanol–water partition coefficient (Wildman–Crippen LogP) is 2.12. The van der Waals surface area contributed by atoms with Crippen LogP contribution in [0.4, 0.5) is 5.69 Å². The Hall–Kier alpha value is -2.29. The molecule has 0 saturated carbocycles. The monoisotopic (exact) mass is 260 g/mol. The lowest BCUT2D eigenvalue weighted by atomic mass is 9.92. The molecule has 0 amide bonds. The first-order chi connectivity index (χ1) is 9.24. The van der Waals surface area contributed by atoms with Crippen LogP contribution in [0.25, 0.3) is 0 Å². The number of fused-ring (bicyclic) bond motifs is 2. The largest absolute Gasteiger partial charge is 0.492 e. The van der Waals surface area contributed by atoms with E-state index in [4.69, 9.17) is 9.47 Å². The second kappa shape index (κ2) is 4.43. The smallest absolute Gasteiger partial charge is 0.318 e. The maximum atomic E-state index is 11.3. The quantitative estimate of drug-likeness (QED) is 0.570. The van der Waals surface area contributed by atoms with Gasteiger partial charge >= 0.3 is 5.69 Å². The number of rotatable bonds is 1. The Morgan fingerprint density at radius 3 is 2.37 bits per heavy atom. The molecule has 0 unspecified atom stereocenters. The summed E-state index contributed by atoms with van der Waals surface area (Å²) in [5, 5.41) is 20.7. The molecule has 0 spiro atoms. The van der Waals surface area contributed by atoms with Gasteiger partial charge in [-0.05, 0) is 25.7 Å². The van der Waals surface area contributed by atoms with Crippen molar-refractivity contribution in [2.75, 3.05) is 13.2 Å². The lowest BCUT2D eigenvalue weighted by molar-refractivity contribution is -0.386. The molecule has 19 heavy (non-hydrogen) atoms. The topological polar surface area (TPSA) is 85.4 Å². The maximum absolute atomic E-state index is 11.3. The summed E-state index contributed by atoms with van der Waals surface area (Å²) in [6.07, 6.45) is 2.65. The molecule has 0 atom stereocenters. The SMILES string of the molecule is N#Cc1c2c(c([N+](=O)[O-])c3c1OCCC3)OCCC2. The first-order valence-electron chi connectivity index (χ1n) is 6.26. The molecule has 1 aromatic rings. The molecule has 0 aromatic heterocycles. The minimum Gasteiger partial charge on any atom is -0.492 e. The first-order valence-corrected chi connectivity index (χ1v) is 6.26. The number of nitro benzene ring substituents is 1. The normalized spacial score (nSPS) is 16.4. The van der Waals surface area contributed by atoms with E-state index in [1.807, 2.05) is 0 Å². The highest BCUT2D eigenvalue weighted by molar-refractivity contribution is 5.70.